The lowest BCUT2D eigenvalue weighted by atomic mass is 10.0. The number of phenolic OH excluding ortho intramolecular Hbond substituents is 1. The SMILES string of the molecule is CSCC[C@H](NC(=O)[C@H](Cc1ccc(O)cc1)NC(=O)[C@@H](N)CC(=O)O)C(=O)NCC(=O)O. The number of rotatable bonds is 14. The van der Waals surface area contributed by atoms with Crippen LogP contribution in [-0.4, -0.2) is 81.7 Å². The Morgan fingerprint density at radius 3 is 2.09 bits per heavy atom. The molecule has 13 heteroatoms. The Morgan fingerprint density at radius 1 is 0.939 bits per heavy atom. The number of carboxylic acids is 2. The molecule has 1 aromatic carbocycles. The van der Waals surface area contributed by atoms with E-state index in [0.29, 0.717) is 11.3 Å². The molecule has 0 aliphatic rings. The molecule has 0 unspecified atom stereocenters. The van der Waals surface area contributed by atoms with Crippen LogP contribution in [-0.2, 0) is 30.4 Å². The number of hydrogen-bond acceptors (Lipinski definition) is 8. The van der Waals surface area contributed by atoms with E-state index in [4.69, 9.17) is 15.9 Å². The molecule has 0 saturated heterocycles. The highest BCUT2D eigenvalue weighted by Crippen LogP contribution is 2.12. The third-order valence-electron chi connectivity index (χ3n) is 4.40. The van der Waals surface area contributed by atoms with Gasteiger partial charge in [-0.1, -0.05) is 12.1 Å². The topological polar surface area (TPSA) is 208 Å². The van der Waals surface area contributed by atoms with Crippen molar-refractivity contribution < 1.29 is 39.3 Å². The molecule has 33 heavy (non-hydrogen) atoms. The zero-order valence-corrected chi connectivity index (χ0v) is 18.8. The van der Waals surface area contributed by atoms with E-state index in [0.717, 1.165) is 0 Å². The zero-order chi connectivity index (χ0) is 25.0. The summed E-state index contributed by atoms with van der Waals surface area (Å²) in [5.74, 6) is -4.35. The van der Waals surface area contributed by atoms with Gasteiger partial charge in [0.25, 0.3) is 0 Å². The number of thioether (sulfide) groups is 1. The maximum atomic E-state index is 13.0. The van der Waals surface area contributed by atoms with Crippen LogP contribution in [0, 0.1) is 0 Å². The Balaban J connectivity index is 3.03. The lowest BCUT2D eigenvalue weighted by Gasteiger charge is -2.24. The molecule has 1 aromatic rings. The summed E-state index contributed by atoms with van der Waals surface area (Å²) >= 11 is 1.42. The number of phenols is 1. The quantitative estimate of drug-likeness (QED) is 0.165. The highest BCUT2D eigenvalue weighted by Gasteiger charge is 2.29. The molecule has 0 saturated carbocycles. The van der Waals surface area contributed by atoms with E-state index < -0.39 is 60.8 Å². The van der Waals surface area contributed by atoms with Crippen molar-refractivity contribution in [2.45, 2.75) is 37.4 Å². The van der Waals surface area contributed by atoms with Gasteiger partial charge in [0.1, 0.15) is 24.4 Å². The number of carboxylic acid groups (broad SMARTS) is 2. The summed E-state index contributed by atoms with van der Waals surface area (Å²) in [5, 5.41) is 34.2. The second-order valence-electron chi connectivity index (χ2n) is 7.09. The predicted octanol–water partition coefficient (Wildman–Crippen LogP) is -1.34. The van der Waals surface area contributed by atoms with Crippen LogP contribution in [0.2, 0.25) is 0 Å². The van der Waals surface area contributed by atoms with E-state index in [1.165, 1.54) is 36.0 Å². The molecule has 0 aliphatic carbocycles. The Labute approximate surface area is 194 Å². The van der Waals surface area contributed by atoms with Gasteiger partial charge in [0.2, 0.25) is 17.7 Å². The van der Waals surface area contributed by atoms with Crippen LogP contribution in [0.1, 0.15) is 18.4 Å². The van der Waals surface area contributed by atoms with E-state index in [-0.39, 0.29) is 18.6 Å². The first kappa shape index (κ1) is 27.7. The Morgan fingerprint density at radius 2 is 1.55 bits per heavy atom. The molecular weight excluding hydrogens is 456 g/mol. The number of amides is 3. The van der Waals surface area contributed by atoms with Crippen molar-refractivity contribution >= 4 is 41.4 Å². The summed E-state index contributed by atoms with van der Waals surface area (Å²) in [6, 6.07) is 2.17. The van der Waals surface area contributed by atoms with Gasteiger partial charge < -0.3 is 37.0 Å². The third-order valence-corrected chi connectivity index (χ3v) is 5.04. The first-order valence-corrected chi connectivity index (χ1v) is 11.3. The van der Waals surface area contributed by atoms with Crippen LogP contribution >= 0.6 is 11.8 Å². The average Bonchev–Trinajstić information content (AvgIpc) is 2.75. The van der Waals surface area contributed by atoms with Crippen molar-refractivity contribution in [2.24, 2.45) is 5.73 Å². The molecule has 182 valence electrons. The first-order chi connectivity index (χ1) is 15.5. The molecule has 0 fully saturated rings. The Kier molecular flexibility index (Phi) is 11.7. The number of nitrogens with two attached hydrogens (primary N) is 1. The van der Waals surface area contributed by atoms with Crippen molar-refractivity contribution in [3.05, 3.63) is 29.8 Å². The third kappa shape index (κ3) is 10.7. The highest BCUT2D eigenvalue weighted by molar-refractivity contribution is 7.98. The first-order valence-electron chi connectivity index (χ1n) is 9.88. The van der Waals surface area contributed by atoms with Gasteiger partial charge in [-0.3, -0.25) is 24.0 Å². The molecular formula is C20H28N4O8S. The summed E-state index contributed by atoms with van der Waals surface area (Å²) in [7, 11) is 0. The minimum atomic E-state index is -1.40. The van der Waals surface area contributed by atoms with Crippen molar-refractivity contribution in [2.75, 3.05) is 18.6 Å². The van der Waals surface area contributed by atoms with Crippen molar-refractivity contribution in [1.29, 1.82) is 0 Å². The molecule has 0 aromatic heterocycles. The van der Waals surface area contributed by atoms with Crippen molar-refractivity contribution in [1.82, 2.24) is 16.0 Å². The zero-order valence-electron chi connectivity index (χ0n) is 17.9. The van der Waals surface area contributed by atoms with Gasteiger partial charge in [-0.2, -0.15) is 11.8 Å². The maximum absolute atomic E-state index is 13.0. The molecule has 0 radical (unpaired) electrons. The van der Waals surface area contributed by atoms with Gasteiger partial charge in [-0.05, 0) is 36.1 Å². The number of aliphatic carboxylic acids is 2. The highest BCUT2D eigenvalue weighted by atomic mass is 32.2. The Hall–Kier alpha value is -3.32. The smallest absolute Gasteiger partial charge is 0.322 e. The number of carbonyl (C=O) groups is 5. The van der Waals surface area contributed by atoms with Gasteiger partial charge in [-0.15, -0.1) is 0 Å². The molecule has 8 N–H and O–H groups in total. The minimum Gasteiger partial charge on any atom is -0.508 e. The van der Waals surface area contributed by atoms with Gasteiger partial charge in [-0.25, -0.2) is 0 Å². The number of nitrogens with one attached hydrogen (secondary N) is 3. The lowest BCUT2D eigenvalue weighted by molar-refractivity contribution is -0.139. The van der Waals surface area contributed by atoms with Crippen LogP contribution in [0.25, 0.3) is 0 Å². The normalized spacial score (nSPS) is 13.3. The summed E-state index contributed by atoms with van der Waals surface area (Å²) in [6.07, 6.45) is 1.32. The van der Waals surface area contributed by atoms with Gasteiger partial charge in [0.15, 0.2) is 0 Å². The van der Waals surface area contributed by atoms with Crippen LogP contribution in [0.15, 0.2) is 24.3 Å². The monoisotopic (exact) mass is 484 g/mol. The maximum Gasteiger partial charge on any atom is 0.322 e. The fourth-order valence-electron chi connectivity index (χ4n) is 2.70. The Bertz CT molecular complexity index is 849. The summed E-state index contributed by atoms with van der Waals surface area (Å²) in [6.45, 7) is -0.623. The van der Waals surface area contributed by atoms with Gasteiger partial charge >= 0.3 is 11.9 Å². The van der Waals surface area contributed by atoms with Gasteiger partial charge in [0.05, 0.1) is 12.5 Å². The fraction of sp³-hybridized carbons (Fsp3) is 0.450. The van der Waals surface area contributed by atoms with Crippen molar-refractivity contribution in [3.63, 3.8) is 0 Å². The molecule has 3 atom stereocenters. The number of benzene rings is 1. The van der Waals surface area contributed by atoms with Crippen molar-refractivity contribution in [3.8, 4) is 5.75 Å². The van der Waals surface area contributed by atoms with Crippen LogP contribution < -0.4 is 21.7 Å². The summed E-state index contributed by atoms with van der Waals surface area (Å²) in [5.41, 5.74) is 6.15. The number of carbonyl (C=O) groups excluding carboxylic acids is 3. The van der Waals surface area contributed by atoms with Crippen LogP contribution in [0.3, 0.4) is 0 Å². The van der Waals surface area contributed by atoms with Crippen LogP contribution in [0.5, 0.6) is 5.75 Å². The predicted molar refractivity (Wildman–Crippen MR) is 120 cm³/mol. The second-order valence-corrected chi connectivity index (χ2v) is 8.08. The molecule has 3 amide bonds. The van der Waals surface area contributed by atoms with E-state index >= 15 is 0 Å². The summed E-state index contributed by atoms with van der Waals surface area (Å²) < 4.78 is 0. The second kappa shape index (κ2) is 14.0. The van der Waals surface area contributed by atoms with E-state index in [1.54, 1.807) is 6.26 Å². The number of hydrogen-bond donors (Lipinski definition) is 7. The lowest BCUT2D eigenvalue weighted by Crippen LogP contribution is -2.57. The minimum absolute atomic E-state index is 0.000464. The van der Waals surface area contributed by atoms with E-state index in [1.807, 2.05) is 0 Å². The molecule has 12 nitrogen and oxygen atoms in total. The van der Waals surface area contributed by atoms with Gasteiger partial charge in [0, 0.05) is 6.42 Å². The molecule has 0 spiro atoms. The fourth-order valence-corrected chi connectivity index (χ4v) is 3.17. The van der Waals surface area contributed by atoms with E-state index in [2.05, 4.69) is 16.0 Å². The average molecular weight is 485 g/mol. The standard InChI is InChI=1S/C20H28N4O8S/c1-33-7-6-14(19(31)22-10-17(28)29)23-20(32)15(8-11-2-4-12(25)5-3-11)24-18(30)13(21)9-16(26)27/h2-5,13-15,25H,6-10,21H2,1H3,(H,22,31)(H,23,32)(H,24,30)(H,26,27)(H,28,29)/t13-,14-,15-/m0/s1. The summed E-state index contributed by atoms with van der Waals surface area (Å²) in [4.78, 5) is 59.2. The molecule has 1 rings (SSSR count). The largest absolute Gasteiger partial charge is 0.508 e. The van der Waals surface area contributed by atoms with E-state index in [9.17, 15) is 29.1 Å². The molecule has 0 aliphatic heterocycles. The number of aromatic hydroxyl groups is 1. The molecule has 0 bridgehead atoms. The van der Waals surface area contributed by atoms with Crippen LogP contribution in [0.4, 0.5) is 0 Å². The molecule has 0 heterocycles.